The summed E-state index contributed by atoms with van der Waals surface area (Å²) in [6.45, 7) is 9.88. The third-order valence-corrected chi connectivity index (χ3v) is 0.861. The van der Waals surface area contributed by atoms with Crippen LogP contribution in [0.3, 0.4) is 0 Å². The van der Waals surface area contributed by atoms with E-state index in [1.54, 1.807) is 12.3 Å². The lowest BCUT2D eigenvalue weighted by Crippen LogP contribution is -1.72. The number of pyridine rings is 1. The Bertz CT molecular complexity index is 170. The van der Waals surface area contributed by atoms with E-state index >= 15 is 0 Å². The maximum atomic E-state index is 8.75. The van der Waals surface area contributed by atoms with Crippen LogP contribution >= 0.6 is 0 Å². The van der Waals surface area contributed by atoms with Gasteiger partial charge in [0.2, 0.25) is 0 Å². The molecule has 0 spiro atoms. The molecule has 70 valence electrons. The zero-order valence-corrected chi connectivity index (χ0v) is 8.63. The molecule has 1 heterocycles. The normalized spacial score (nSPS) is 7.08. The molecule has 0 aliphatic rings. The number of hydrogen-bond acceptors (Lipinski definition) is 2. The number of aromatic hydroxyl groups is 1. The average Bonchev–Trinajstić information content (AvgIpc) is 2.11. The van der Waals surface area contributed by atoms with Crippen molar-refractivity contribution >= 4 is 0 Å². The summed E-state index contributed by atoms with van der Waals surface area (Å²) in [5.41, 5.74) is 0.977. The Morgan fingerprint density at radius 1 is 1.08 bits per heavy atom. The highest BCUT2D eigenvalue weighted by Gasteiger charge is 1.84. The van der Waals surface area contributed by atoms with Gasteiger partial charge in [-0.25, -0.2) is 0 Å². The summed E-state index contributed by atoms with van der Waals surface area (Å²) >= 11 is 0. The highest BCUT2D eigenvalue weighted by atomic mass is 16.3. The molecule has 2 heteroatoms. The lowest BCUT2D eigenvalue weighted by atomic mass is 10.3. The van der Waals surface area contributed by atoms with Crippen molar-refractivity contribution in [3.63, 3.8) is 0 Å². The van der Waals surface area contributed by atoms with Crippen molar-refractivity contribution in [2.24, 2.45) is 0 Å². The van der Waals surface area contributed by atoms with E-state index in [0.717, 1.165) is 5.56 Å². The smallest absolute Gasteiger partial charge is 0.134 e. The lowest BCUT2D eigenvalue weighted by Gasteiger charge is -1.89. The number of aryl methyl sites for hydroxylation is 1. The molecule has 0 atom stereocenters. The zero-order chi connectivity index (χ0) is 9.98. The Hall–Kier alpha value is -1.05. The second-order valence-corrected chi connectivity index (χ2v) is 1.72. The van der Waals surface area contributed by atoms with Crippen molar-refractivity contribution in [1.82, 2.24) is 4.98 Å². The van der Waals surface area contributed by atoms with E-state index in [2.05, 4.69) is 4.98 Å². The third-order valence-electron chi connectivity index (χ3n) is 0.861. The maximum Gasteiger partial charge on any atom is 0.134 e. The second-order valence-electron chi connectivity index (χ2n) is 1.72. The van der Waals surface area contributed by atoms with Crippen LogP contribution in [0.1, 0.15) is 33.3 Å². The topological polar surface area (TPSA) is 33.1 Å². The Labute approximate surface area is 75.3 Å². The van der Waals surface area contributed by atoms with Gasteiger partial charge in [-0.05, 0) is 18.6 Å². The molecule has 0 amide bonds. The quantitative estimate of drug-likeness (QED) is 0.647. The van der Waals surface area contributed by atoms with Crippen LogP contribution in [-0.2, 0) is 0 Å². The summed E-state index contributed by atoms with van der Waals surface area (Å²) in [6.07, 6.45) is 3.10. The first kappa shape index (κ1) is 13.5. The fourth-order valence-corrected chi connectivity index (χ4v) is 0.539. The van der Waals surface area contributed by atoms with Crippen molar-refractivity contribution < 1.29 is 5.11 Å². The van der Waals surface area contributed by atoms with Crippen LogP contribution in [-0.4, -0.2) is 10.1 Å². The van der Waals surface area contributed by atoms with Crippen LogP contribution in [0.25, 0.3) is 0 Å². The SMILES string of the molecule is CC.CC.Cc1cncc(O)c1. The molecule has 12 heavy (non-hydrogen) atoms. The van der Waals surface area contributed by atoms with E-state index < -0.39 is 0 Å². The van der Waals surface area contributed by atoms with Crippen molar-refractivity contribution in [3.8, 4) is 5.75 Å². The van der Waals surface area contributed by atoms with E-state index in [9.17, 15) is 0 Å². The molecular weight excluding hydrogens is 150 g/mol. The van der Waals surface area contributed by atoms with Crippen LogP contribution in [0.5, 0.6) is 5.75 Å². The first-order valence-electron chi connectivity index (χ1n) is 4.39. The van der Waals surface area contributed by atoms with Crippen molar-refractivity contribution in [3.05, 3.63) is 24.0 Å². The molecule has 0 aromatic carbocycles. The Kier molecular flexibility index (Phi) is 11.2. The number of hydrogen-bond donors (Lipinski definition) is 1. The minimum Gasteiger partial charge on any atom is -0.506 e. The van der Waals surface area contributed by atoms with Gasteiger partial charge in [-0.3, -0.25) is 4.98 Å². The molecule has 0 fully saturated rings. The van der Waals surface area contributed by atoms with Crippen molar-refractivity contribution in [2.45, 2.75) is 34.6 Å². The van der Waals surface area contributed by atoms with Gasteiger partial charge in [-0.2, -0.15) is 0 Å². The molecule has 0 radical (unpaired) electrons. The molecular formula is C10H19NO. The van der Waals surface area contributed by atoms with Gasteiger partial charge in [-0.15, -0.1) is 0 Å². The standard InChI is InChI=1S/C6H7NO.2C2H6/c1-5-2-6(8)4-7-3-5;2*1-2/h2-4,8H,1H3;2*1-2H3. The van der Waals surface area contributed by atoms with Crippen LogP contribution in [0.2, 0.25) is 0 Å². The predicted molar refractivity (Wildman–Crippen MR) is 53.3 cm³/mol. The summed E-state index contributed by atoms with van der Waals surface area (Å²) < 4.78 is 0. The zero-order valence-electron chi connectivity index (χ0n) is 8.63. The van der Waals surface area contributed by atoms with Gasteiger partial charge >= 0.3 is 0 Å². The molecule has 0 unspecified atom stereocenters. The first-order valence-corrected chi connectivity index (χ1v) is 4.39. The third kappa shape index (κ3) is 7.06. The fourth-order valence-electron chi connectivity index (χ4n) is 0.539. The number of rotatable bonds is 0. The Balaban J connectivity index is 0. The molecule has 1 N–H and O–H groups in total. The van der Waals surface area contributed by atoms with E-state index in [1.165, 1.54) is 6.20 Å². The highest BCUT2D eigenvalue weighted by Crippen LogP contribution is 2.05. The fraction of sp³-hybridized carbons (Fsp3) is 0.500. The van der Waals surface area contributed by atoms with E-state index in [1.807, 2.05) is 34.6 Å². The second kappa shape index (κ2) is 9.95. The molecule has 2 nitrogen and oxygen atoms in total. The number of aromatic nitrogens is 1. The van der Waals surface area contributed by atoms with Crippen molar-refractivity contribution in [2.75, 3.05) is 0 Å². The van der Waals surface area contributed by atoms with Gasteiger partial charge in [0.1, 0.15) is 5.75 Å². The molecule has 0 aliphatic carbocycles. The number of nitrogens with zero attached hydrogens (tertiary/aromatic N) is 1. The van der Waals surface area contributed by atoms with Gasteiger partial charge in [-0.1, -0.05) is 27.7 Å². The molecule has 0 saturated carbocycles. The molecule has 1 rings (SSSR count). The summed E-state index contributed by atoms with van der Waals surface area (Å²) in [5.74, 6) is 0.227. The summed E-state index contributed by atoms with van der Waals surface area (Å²) in [5, 5.41) is 8.75. The minimum atomic E-state index is 0.227. The first-order chi connectivity index (χ1) is 5.79. The molecule has 1 aromatic rings. The van der Waals surface area contributed by atoms with E-state index in [0.29, 0.717) is 0 Å². The molecule has 0 aliphatic heterocycles. The average molecular weight is 169 g/mol. The minimum absolute atomic E-state index is 0.227. The largest absolute Gasteiger partial charge is 0.506 e. The van der Waals surface area contributed by atoms with Crippen LogP contribution in [0.15, 0.2) is 18.5 Å². The lowest BCUT2D eigenvalue weighted by molar-refractivity contribution is 0.472. The van der Waals surface area contributed by atoms with Gasteiger partial charge in [0.15, 0.2) is 0 Å². The predicted octanol–water partition coefficient (Wildman–Crippen LogP) is 3.15. The maximum absolute atomic E-state index is 8.75. The van der Waals surface area contributed by atoms with Crippen LogP contribution in [0, 0.1) is 6.92 Å². The molecule has 0 bridgehead atoms. The summed E-state index contributed by atoms with van der Waals surface area (Å²) in [7, 11) is 0. The van der Waals surface area contributed by atoms with E-state index in [4.69, 9.17) is 5.11 Å². The summed E-state index contributed by atoms with van der Waals surface area (Å²) in [6, 6.07) is 1.66. The Morgan fingerprint density at radius 2 is 1.58 bits per heavy atom. The summed E-state index contributed by atoms with van der Waals surface area (Å²) in [4.78, 5) is 3.73. The van der Waals surface area contributed by atoms with E-state index in [-0.39, 0.29) is 5.75 Å². The van der Waals surface area contributed by atoms with Gasteiger partial charge in [0.05, 0.1) is 6.20 Å². The highest BCUT2D eigenvalue weighted by molar-refractivity contribution is 5.20. The van der Waals surface area contributed by atoms with Gasteiger partial charge < -0.3 is 5.11 Å². The monoisotopic (exact) mass is 169 g/mol. The van der Waals surface area contributed by atoms with Crippen LogP contribution < -0.4 is 0 Å². The van der Waals surface area contributed by atoms with Gasteiger partial charge in [0, 0.05) is 6.20 Å². The molecule has 1 aromatic heterocycles. The van der Waals surface area contributed by atoms with Crippen molar-refractivity contribution in [1.29, 1.82) is 0 Å². The van der Waals surface area contributed by atoms with Gasteiger partial charge in [0.25, 0.3) is 0 Å². The molecule has 0 saturated heterocycles. The van der Waals surface area contributed by atoms with Crippen LogP contribution in [0.4, 0.5) is 0 Å². The Morgan fingerprint density at radius 3 is 1.83 bits per heavy atom.